The number of hydrogen-bond acceptors (Lipinski definition) is 1. The molecule has 0 aliphatic heterocycles. The minimum Gasteiger partial charge on any atom is -0.319 e. The van der Waals surface area contributed by atoms with Gasteiger partial charge in [-0.3, -0.25) is 0 Å². The first kappa shape index (κ1) is 14.4. The molecule has 1 aliphatic rings. The van der Waals surface area contributed by atoms with Crippen LogP contribution in [0.5, 0.6) is 0 Å². The molecule has 0 radical (unpaired) electrons. The van der Waals surface area contributed by atoms with Crippen LogP contribution < -0.4 is 5.32 Å². The molecule has 1 nitrogen and oxygen atoms in total. The molecule has 106 valence electrons. The fraction of sp³-hybridized carbons (Fsp3) is 0.625. The summed E-state index contributed by atoms with van der Waals surface area (Å²) < 4.78 is 26.9. The van der Waals surface area contributed by atoms with Crippen LogP contribution in [-0.2, 0) is 5.41 Å². The Hall–Kier alpha value is -0.960. The van der Waals surface area contributed by atoms with Crippen molar-refractivity contribution in [1.82, 2.24) is 5.32 Å². The SMILES string of the molecule is CCC1(CC)CC(CNC)(c2cc(F)cc(F)c2)C1. The van der Waals surface area contributed by atoms with Crippen LogP contribution in [-0.4, -0.2) is 13.6 Å². The molecule has 0 aromatic heterocycles. The zero-order valence-electron chi connectivity index (χ0n) is 12.0. The molecule has 1 fully saturated rings. The summed E-state index contributed by atoms with van der Waals surface area (Å²) in [6.07, 6.45) is 4.28. The number of likely N-dealkylation sites (N-methyl/N-ethyl adjacent to an activating group) is 1. The predicted octanol–water partition coefficient (Wildman–Crippen LogP) is 4.02. The predicted molar refractivity (Wildman–Crippen MR) is 74.2 cm³/mol. The number of halogens is 2. The Morgan fingerprint density at radius 2 is 1.58 bits per heavy atom. The molecule has 0 unspecified atom stereocenters. The van der Waals surface area contributed by atoms with E-state index in [9.17, 15) is 8.78 Å². The molecule has 1 saturated carbocycles. The van der Waals surface area contributed by atoms with E-state index in [2.05, 4.69) is 19.2 Å². The first-order chi connectivity index (χ1) is 8.99. The summed E-state index contributed by atoms with van der Waals surface area (Å²) in [4.78, 5) is 0. The zero-order valence-corrected chi connectivity index (χ0v) is 12.0. The molecule has 0 heterocycles. The summed E-state index contributed by atoms with van der Waals surface area (Å²) in [5, 5.41) is 3.19. The van der Waals surface area contributed by atoms with E-state index >= 15 is 0 Å². The Morgan fingerprint density at radius 3 is 2.00 bits per heavy atom. The third kappa shape index (κ3) is 2.53. The van der Waals surface area contributed by atoms with Crippen LogP contribution >= 0.6 is 0 Å². The van der Waals surface area contributed by atoms with Crippen molar-refractivity contribution in [2.45, 2.75) is 44.9 Å². The molecule has 0 saturated heterocycles. The Kier molecular flexibility index (Phi) is 3.95. The van der Waals surface area contributed by atoms with E-state index in [1.54, 1.807) is 0 Å². The van der Waals surface area contributed by atoms with Crippen LogP contribution in [0.2, 0.25) is 0 Å². The lowest BCUT2D eigenvalue weighted by atomic mass is 9.48. The second-order valence-electron chi connectivity index (χ2n) is 6.03. The van der Waals surface area contributed by atoms with E-state index < -0.39 is 11.6 Å². The maximum atomic E-state index is 13.5. The Bertz CT molecular complexity index is 424. The summed E-state index contributed by atoms with van der Waals surface area (Å²) in [5.74, 6) is -0.952. The van der Waals surface area contributed by atoms with Gasteiger partial charge in [-0.25, -0.2) is 8.78 Å². The molecule has 1 aromatic rings. The minimum absolute atomic E-state index is 0.107. The molecule has 3 heteroatoms. The molecule has 0 atom stereocenters. The molecule has 2 rings (SSSR count). The zero-order chi connectivity index (χ0) is 14.1. The highest BCUT2D eigenvalue weighted by molar-refractivity contribution is 5.32. The molecule has 19 heavy (non-hydrogen) atoms. The van der Waals surface area contributed by atoms with Crippen molar-refractivity contribution in [1.29, 1.82) is 0 Å². The van der Waals surface area contributed by atoms with Crippen LogP contribution in [0.3, 0.4) is 0 Å². The highest BCUT2D eigenvalue weighted by Gasteiger charge is 2.52. The maximum absolute atomic E-state index is 13.5. The lowest BCUT2D eigenvalue weighted by Crippen LogP contribution is -2.54. The average Bonchev–Trinajstić information content (AvgIpc) is 2.32. The lowest BCUT2D eigenvalue weighted by Gasteiger charge is -2.57. The number of benzene rings is 1. The fourth-order valence-electron chi connectivity index (χ4n) is 3.76. The van der Waals surface area contributed by atoms with E-state index in [-0.39, 0.29) is 5.41 Å². The quantitative estimate of drug-likeness (QED) is 0.849. The number of rotatable bonds is 5. The van der Waals surface area contributed by atoms with Gasteiger partial charge in [-0.15, -0.1) is 0 Å². The van der Waals surface area contributed by atoms with Crippen molar-refractivity contribution in [2.75, 3.05) is 13.6 Å². The minimum atomic E-state index is -0.476. The van der Waals surface area contributed by atoms with Crippen molar-refractivity contribution in [3.63, 3.8) is 0 Å². The second kappa shape index (κ2) is 5.20. The van der Waals surface area contributed by atoms with Crippen LogP contribution in [0.25, 0.3) is 0 Å². The second-order valence-corrected chi connectivity index (χ2v) is 6.03. The Balaban J connectivity index is 2.32. The van der Waals surface area contributed by atoms with E-state index in [1.165, 1.54) is 12.1 Å². The highest BCUT2D eigenvalue weighted by atomic mass is 19.1. The van der Waals surface area contributed by atoms with Gasteiger partial charge < -0.3 is 5.32 Å². The first-order valence-corrected chi connectivity index (χ1v) is 7.10. The fourth-order valence-corrected chi connectivity index (χ4v) is 3.76. The van der Waals surface area contributed by atoms with Crippen LogP contribution in [0.4, 0.5) is 8.78 Å². The molecule has 1 N–H and O–H groups in total. The molecular weight excluding hydrogens is 244 g/mol. The summed E-state index contributed by atoms with van der Waals surface area (Å²) in [7, 11) is 1.90. The van der Waals surface area contributed by atoms with Crippen molar-refractivity contribution in [3.05, 3.63) is 35.4 Å². The smallest absolute Gasteiger partial charge is 0.126 e. The van der Waals surface area contributed by atoms with E-state index in [0.29, 0.717) is 5.41 Å². The lowest BCUT2D eigenvalue weighted by molar-refractivity contribution is 0.0137. The first-order valence-electron chi connectivity index (χ1n) is 7.10. The van der Waals surface area contributed by atoms with E-state index in [0.717, 1.165) is 43.9 Å². The molecule has 1 aromatic carbocycles. The van der Waals surface area contributed by atoms with Gasteiger partial charge in [0.2, 0.25) is 0 Å². The van der Waals surface area contributed by atoms with Crippen LogP contribution in [0, 0.1) is 17.0 Å². The molecular formula is C16H23F2N. The van der Waals surface area contributed by atoms with Crippen molar-refractivity contribution >= 4 is 0 Å². The van der Waals surface area contributed by atoms with Crippen LogP contribution in [0.1, 0.15) is 45.1 Å². The summed E-state index contributed by atoms with van der Waals surface area (Å²) >= 11 is 0. The molecule has 0 bridgehead atoms. The van der Waals surface area contributed by atoms with Gasteiger partial charge in [0, 0.05) is 18.0 Å². The van der Waals surface area contributed by atoms with Gasteiger partial charge in [0.15, 0.2) is 0 Å². The largest absolute Gasteiger partial charge is 0.319 e. The summed E-state index contributed by atoms with van der Waals surface area (Å²) in [6, 6.07) is 3.94. The summed E-state index contributed by atoms with van der Waals surface area (Å²) in [5.41, 5.74) is 1.04. The van der Waals surface area contributed by atoms with Gasteiger partial charge in [0.1, 0.15) is 11.6 Å². The highest BCUT2D eigenvalue weighted by Crippen LogP contribution is 2.59. The Morgan fingerprint density at radius 1 is 1.05 bits per heavy atom. The van der Waals surface area contributed by atoms with Gasteiger partial charge in [-0.05, 0) is 43.0 Å². The number of nitrogens with one attached hydrogen (secondary N) is 1. The van der Waals surface area contributed by atoms with E-state index in [4.69, 9.17) is 0 Å². The van der Waals surface area contributed by atoms with Crippen molar-refractivity contribution in [3.8, 4) is 0 Å². The molecule has 1 aliphatic carbocycles. The van der Waals surface area contributed by atoms with Crippen LogP contribution in [0.15, 0.2) is 18.2 Å². The normalized spacial score (nSPS) is 20.1. The van der Waals surface area contributed by atoms with Gasteiger partial charge >= 0.3 is 0 Å². The Labute approximate surface area is 114 Å². The topological polar surface area (TPSA) is 12.0 Å². The molecule has 0 spiro atoms. The van der Waals surface area contributed by atoms with E-state index in [1.807, 2.05) is 7.05 Å². The average molecular weight is 267 g/mol. The number of hydrogen-bond donors (Lipinski definition) is 1. The van der Waals surface area contributed by atoms with Gasteiger partial charge in [0.25, 0.3) is 0 Å². The van der Waals surface area contributed by atoms with Gasteiger partial charge in [-0.1, -0.05) is 26.7 Å². The third-order valence-corrected chi connectivity index (χ3v) is 4.92. The third-order valence-electron chi connectivity index (χ3n) is 4.92. The van der Waals surface area contributed by atoms with Gasteiger partial charge in [-0.2, -0.15) is 0 Å². The monoisotopic (exact) mass is 267 g/mol. The summed E-state index contributed by atoms with van der Waals surface area (Å²) in [6.45, 7) is 5.19. The standard InChI is InChI=1S/C16H23F2N/c1-4-15(5-2)9-16(10-15,11-19-3)12-6-13(17)8-14(18)7-12/h6-8,19H,4-5,9-11H2,1-3H3. The van der Waals surface area contributed by atoms with Gasteiger partial charge in [0.05, 0.1) is 0 Å². The van der Waals surface area contributed by atoms with Crippen molar-refractivity contribution in [2.24, 2.45) is 5.41 Å². The molecule has 0 amide bonds. The maximum Gasteiger partial charge on any atom is 0.126 e. The van der Waals surface area contributed by atoms with Crippen molar-refractivity contribution < 1.29 is 8.78 Å².